The molecule has 1 heterocycles. The Morgan fingerprint density at radius 3 is 2.65 bits per heavy atom. The van der Waals surface area contributed by atoms with Crippen molar-refractivity contribution in [3.8, 4) is 0 Å². The number of rotatable bonds is 5. The van der Waals surface area contributed by atoms with Crippen molar-refractivity contribution in [3.05, 3.63) is 88.5 Å². The maximum Gasteiger partial charge on any atom is 0.319 e. The van der Waals surface area contributed by atoms with Crippen LogP contribution in [0.25, 0.3) is 0 Å². The van der Waals surface area contributed by atoms with E-state index in [0.29, 0.717) is 29.4 Å². The highest BCUT2D eigenvalue weighted by atomic mass is 35.5. The van der Waals surface area contributed by atoms with E-state index in [4.69, 9.17) is 11.6 Å². The number of hydrogen-bond donors (Lipinski definition) is 2. The molecule has 3 aromatic rings. The molecule has 134 valence electrons. The Balaban J connectivity index is 1.58. The second kappa shape index (κ2) is 8.06. The highest BCUT2D eigenvalue weighted by molar-refractivity contribution is 6.30. The lowest BCUT2D eigenvalue weighted by molar-refractivity contribution is 0.251. The smallest absolute Gasteiger partial charge is 0.319 e. The minimum atomic E-state index is -0.382. The molecule has 0 atom stereocenters. The Bertz CT molecular complexity index is 906. The standard InChI is InChI=1S/C20H19ClFN3O/c1-14-4-9-17(11-19(14)22)24-20(26)23-12-18-3-2-10-25(18)13-15-5-7-16(21)8-6-15/h2-11H,12-13H2,1H3,(H2,23,24,26). The number of amides is 2. The number of carbonyl (C=O) groups is 1. The van der Waals surface area contributed by atoms with E-state index in [1.54, 1.807) is 19.1 Å². The van der Waals surface area contributed by atoms with Gasteiger partial charge in [-0.3, -0.25) is 0 Å². The third-order valence-corrected chi connectivity index (χ3v) is 4.30. The summed E-state index contributed by atoms with van der Waals surface area (Å²) in [5.41, 5.74) is 3.04. The fraction of sp³-hybridized carbons (Fsp3) is 0.150. The third-order valence-electron chi connectivity index (χ3n) is 4.05. The van der Waals surface area contributed by atoms with Gasteiger partial charge in [-0.05, 0) is 54.4 Å². The molecule has 4 nitrogen and oxygen atoms in total. The van der Waals surface area contributed by atoms with Crippen LogP contribution in [0.2, 0.25) is 5.02 Å². The molecule has 0 aliphatic rings. The number of nitrogens with one attached hydrogen (secondary N) is 2. The van der Waals surface area contributed by atoms with Crippen LogP contribution in [-0.4, -0.2) is 10.6 Å². The molecule has 3 rings (SSSR count). The zero-order chi connectivity index (χ0) is 18.5. The van der Waals surface area contributed by atoms with Crippen molar-refractivity contribution in [2.24, 2.45) is 0 Å². The van der Waals surface area contributed by atoms with Gasteiger partial charge in [-0.25, -0.2) is 9.18 Å². The molecule has 0 saturated carbocycles. The summed E-state index contributed by atoms with van der Waals surface area (Å²) in [5, 5.41) is 6.12. The van der Waals surface area contributed by atoms with E-state index in [1.165, 1.54) is 6.07 Å². The summed E-state index contributed by atoms with van der Waals surface area (Å²) >= 11 is 5.91. The first-order valence-electron chi connectivity index (χ1n) is 8.21. The summed E-state index contributed by atoms with van der Waals surface area (Å²) in [7, 11) is 0. The van der Waals surface area contributed by atoms with Gasteiger partial charge >= 0.3 is 6.03 Å². The lowest BCUT2D eigenvalue weighted by Crippen LogP contribution is -2.29. The largest absolute Gasteiger partial charge is 0.345 e. The lowest BCUT2D eigenvalue weighted by Gasteiger charge is -2.12. The predicted octanol–water partition coefficient (Wildman–Crippen LogP) is 4.96. The Kier molecular flexibility index (Phi) is 5.58. The molecule has 0 unspecified atom stereocenters. The molecule has 0 bridgehead atoms. The van der Waals surface area contributed by atoms with Crippen LogP contribution < -0.4 is 10.6 Å². The number of benzene rings is 2. The van der Waals surface area contributed by atoms with E-state index < -0.39 is 0 Å². The topological polar surface area (TPSA) is 46.1 Å². The van der Waals surface area contributed by atoms with Gasteiger partial charge in [-0.2, -0.15) is 0 Å². The summed E-state index contributed by atoms with van der Waals surface area (Å²) in [6, 6.07) is 15.7. The molecule has 0 radical (unpaired) electrons. The van der Waals surface area contributed by atoms with Crippen molar-refractivity contribution < 1.29 is 9.18 Å². The van der Waals surface area contributed by atoms with Gasteiger partial charge in [-0.15, -0.1) is 0 Å². The van der Waals surface area contributed by atoms with E-state index in [9.17, 15) is 9.18 Å². The first kappa shape index (κ1) is 18.0. The molecule has 0 fully saturated rings. The molecule has 2 aromatic carbocycles. The van der Waals surface area contributed by atoms with Crippen LogP contribution in [-0.2, 0) is 13.1 Å². The van der Waals surface area contributed by atoms with Crippen LogP contribution >= 0.6 is 11.6 Å². The molecule has 1 aromatic heterocycles. The molecule has 26 heavy (non-hydrogen) atoms. The Morgan fingerprint density at radius 1 is 1.15 bits per heavy atom. The first-order valence-corrected chi connectivity index (χ1v) is 8.58. The number of nitrogens with zero attached hydrogens (tertiary/aromatic N) is 1. The van der Waals surface area contributed by atoms with Gasteiger partial charge in [0.2, 0.25) is 0 Å². The van der Waals surface area contributed by atoms with Crippen LogP contribution in [0.3, 0.4) is 0 Å². The van der Waals surface area contributed by atoms with E-state index in [0.717, 1.165) is 11.3 Å². The molecule has 2 N–H and O–H groups in total. The number of carbonyl (C=O) groups excluding carboxylic acids is 1. The minimum Gasteiger partial charge on any atom is -0.345 e. The van der Waals surface area contributed by atoms with Crippen molar-refractivity contribution in [3.63, 3.8) is 0 Å². The van der Waals surface area contributed by atoms with Gasteiger partial charge in [0.25, 0.3) is 0 Å². The highest BCUT2D eigenvalue weighted by Crippen LogP contribution is 2.14. The fourth-order valence-electron chi connectivity index (χ4n) is 2.57. The van der Waals surface area contributed by atoms with Crippen LogP contribution in [0.1, 0.15) is 16.8 Å². The van der Waals surface area contributed by atoms with Crippen LogP contribution in [0.4, 0.5) is 14.9 Å². The van der Waals surface area contributed by atoms with Crippen LogP contribution in [0, 0.1) is 12.7 Å². The van der Waals surface area contributed by atoms with E-state index in [-0.39, 0.29) is 11.8 Å². The second-order valence-electron chi connectivity index (χ2n) is 6.03. The summed E-state index contributed by atoms with van der Waals surface area (Å²) in [4.78, 5) is 12.0. The second-order valence-corrected chi connectivity index (χ2v) is 6.46. The molecule has 2 amide bonds. The van der Waals surface area contributed by atoms with Crippen molar-refractivity contribution in [2.45, 2.75) is 20.0 Å². The predicted molar refractivity (Wildman–Crippen MR) is 102 cm³/mol. The quantitative estimate of drug-likeness (QED) is 0.654. The van der Waals surface area contributed by atoms with Gasteiger partial charge in [0.15, 0.2) is 0 Å². The molecule has 0 spiro atoms. The highest BCUT2D eigenvalue weighted by Gasteiger charge is 2.07. The van der Waals surface area contributed by atoms with E-state index in [2.05, 4.69) is 15.2 Å². The summed E-state index contributed by atoms with van der Waals surface area (Å²) < 4.78 is 15.6. The molecular weight excluding hydrogens is 353 g/mol. The van der Waals surface area contributed by atoms with Gasteiger partial charge in [-0.1, -0.05) is 29.8 Å². The zero-order valence-corrected chi connectivity index (χ0v) is 15.1. The van der Waals surface area contributed by atoms with E-state index >= 15 is 0 Å². The number of anilines is 1. The van der Waals surface area contributed by atoms with Crippen molar-refractivity contribution in [2.75, 3.05) is 5.32 Å². The summed E-state index contributed by atoms with van der Waals surface area (Å²) in [6.45, 7) is 2.72. The zero-order valence-electron chi connectivity index (χ0n) is 14.3. The maximum absolute atomic E-state index is 13.5. The number of urea groups is 1. The average Bonchev–Trinajstić information content (AvgIpc) is 3.05. The molecule has 0 aliphatic carbocycles. The van der Waals surface area contributed by atoms with Crippen molar-refractivity contribution in [1.82, 2.24) is 9.88 Å². The molecular formula is C20H19ClFN3O. The summed E-state index contributed by atoms with van der Waals surface area (Å²) in [6.07, 6.45) is 1.96. The molecule has 0 aliphatic heterocycles. The van der Waals surface area contributed by atoms with Crippen LogP contribution in [0.5, 0.6) is 0 Å². The SMILES string of the molecule is Cc1ccc(NC(=O)NCc2cccn2Cc2ccc(Cl)cc2)cc1F. The normalized spacial score (nSPS) is 10.6. The van der Waals surface area contributed by atoms with E-state index in [1.807, 2.05) is 42.6 Å². The number of aromatic nitrogens is 1. The number of hydrogen-bond acceptors (Lipinski definition) is 1. The van der Waals surface area contributed by atoms with Crippen LogP contribution in [0.15, 0.2) is 60.8 Å². The van der Waals surface area contributed by atoms with Gasteiger partial charge < -0.3 is 15.2 Å². The molecule has 0 saturated heterocycles. The van der Waals surface area contributed by atoms with Gasteiger partial charge in [0, 0.05) is 29.1 Å². The Hall–Kier alpha value is -2.79. The first-order chi connectivity index (χ1) is 12.5. The molecule has 6 heteroatoms. The monoisotopic (exact) mass is 371 g/mol. The minimum absolute atomic E-state index is 0.348. The van der Waals surface area contributed by atoms with Crippen molar-refractivity contribution >= 4 is 23.3 Å². The third kappa shape index (κ3) is 4.64. The van der Waals surface area contributed by atoms with Gasteiger partial charge in [0.05, 0.1) is 6.54 Å². The number of aryl methyl sites for hydroxylation is 1. The van der Waals surface area contributed by atoms with Crippen molar-refractivity contribution in [1.29, 1.82) is 0 Å². The average molecular weight is 372 g/mol. The maximum atomic E-state index is 13.5. The van der Waals surface area contributed by atoms with Gasteiger partial charge in [0.1, 0.15) is 5.82 Å². The lowest BCUT2D eigenvalue weighted by atomic mass is 10.2. The summed E-state index contributed by atoms with van der Waals surface area (Å²) in [5.74, 6) is -0.348. The fourth-order valence-corrected chi connectivity index (χ4v) is 2.69. The Labute approximate surface area is 156 Å². The Morgan fingerprint density at radius 2 is 1.92 bits per heavy atom. The number of halogens is 2.